The summed E-state index contributed by atoms with van der Waals surface area (Å²) in [5, 5.41) is 23.7. The Morgan fingerprint density at radius 2 is 1.73 bits per heavy atom. The molecule has 0 bridgehead atoms. The van der Waals surface area contributed by atoms with Crippen molar-refractivity contribution in [1.29, 1.82) is 0 Å². The first-order valence-corrected chi connectivity index (χ1v) is 10.3. The SMILES string of the molecule is CC(C)c1cc(C(=O)N2Cc3ccc(CN4CCNCC4)cc3C2)c(O)cc1O.Cl. The summed E-state index contributed by atoms with van der Waals surface area (Å²) >= 11 is 0. The van der Waals surface area contributed by atoms with Gasteiger partial charge in [-0.2, -0.15) is 0 Å². The molecule has 0 spiro atoms. The van der Waals surface area contributed by atoms with E-state index in [0.717, 1.165) is 38.3 Å². The lowest BCUT2D eigenvalue weighted by Crippen LogP contribution is -2.42. The number of rotatable bonds is 4. The third kappa shape index (κ3) is 4.56. The predicted molar refractivity (Wildman–Crippen MR) is 119 cm³/mol. The van der Waals surface area contributed by atoms with Crippen LogP contribution in [0.2, 0.25) is 0 Å². The number of phenols is 2. The van der Waals surface area contributed by atoms with Gasteiger partial charge in [0.15, 0.2) is 0 Å². The second-order valence-corrected chi connectivity index (χ2v) is 8.37. The van der Waals surface area contributed by atoms with Crippen LogP contribution >= 0.6 is 12.4 Å². The fourth-order valence-corrected chi connectivity index (χ4v) is 4.22. The summed E-state index contributed by atoms with van der Waals surface area (Å²) in [5.41, 5.74) is 4.52. The average molecular weight is 432 g/mol. The van der Waals surface area contributed by atoms with Gasteiger partial charge in [0.05, 0.1) is 5.56 Å². The highest BCUT2D eigenvalue weighted by Crippen LogP contribution is 2.34. The molecule has 7 heteroatoms. The first-order valence-electron chi connectivity index (χ1n) is 10.3. The smallest absolute Gasteiger partial charge is 0.258 e. The zero-order valence-electron chi connectivity index (χ0n) is 17.5. The summed E-state index contributed by atoms with van der Waals surface area (Å²) in [6.07, 6.45) is 0. The molecule has 30 heavy (non-hydrogen) atoms. The Morgan fingerprint density at radius 1 is 1.03 bits per heavy atom. The molecule has 6 nitrogen and oxygen atoms in total. The number of carbonyl (C=O) groups is 1. The minimum absolute atomic E-state index is 0. The van der Waals surface area contributed by atoms with Gasteiger partial charge in [0.1, 0.15) is 11.5 Å². The zero-order chi connectivity index (χ0) is 20.5. The van der Waals surface area contributed by atoms with Gasteiger partial charge in [-0.25, -0.2) is 0 Å². The molecular weight excluding hydrogens is 402 g/mol. The topological polar surface area (TPSA) is 76.0 Å². The van der Waals surface area contributed by atoms with E-state index >= 15 is 0 Å². The van der Waals surface area contributed by atoms with Gasteiger partial charge in [0.25, 0.3) is 5.91 Å². The summed E-state index contributed by atoms with van der Waals surface area (Å²) < 4.78 is 0. The Labute approximate surface area is 183 Å². The van der Waals surface area contributed by atoms with E-state index in [2.05, 4.69) is 28.4 Å². The monoisotopic (exact) mass is 431 g/mol. The van der Waals surface area contributed by atoms with Crippen LogP contribution in [0.25, 0.3) is 0 Å². The van der Waals surface area contributed by atoms with Crippen molar-refractivity contribution >= 4 is 18.3 Å². The molecule has 0 aromatic heterocycles. The van der Waals surface area contributed by atoms with E-state index in [-0.39, 0.29) is 41.3 Å². The lowest BCUT2D eigenvalue weighted by Gasteiger charge is -2.27. The molecule has 1 saturated heterocycles. The minimum atomic E-state index is -0.204. The van der Waals surface area contributed by atoms with E-state index in [4.69, 9.17) is 0 Å². The van der Waals surface area contributed by atoms with E-state index in [1.807, 2.05) is 13.8 Å². The Bertz CT molecular complexity index is 926. The molecular formula is C23H30ClN3O3. The maximum Gasteiger partial charge on any atom is 0.258 e. The third-order valence-corrected chi connectivity index (χ3v) is 5.89. The number of nitrogens with zero attached hydrogens (tertiary/aromatic N) is 2. The molecule has 0 radical (unpaired) electrons. The Hall–Kier alpha value is -2.28. The molecule has 2 heterocycles. The summed E-state index contributed by atoms with van der Waals surface area (Å²) in [7, 11) is 0. The van der Waals surface area contributed by atoms with Crippen LogP contribution in [0.1, 0.15) is 52.4 Å². The van der Waals surface area contributed by atoms with Crippen LogP contribution in [-0.2, 0) is 19.6 Å². The van der Waals surface area contributed by atoms with Crippen molar-refractivity contribution in [2.24, 2.45) is 0 Å². The minimum Gasteiger partial charge on any atom is -0.508 e. The molecule has 0 aliphatic carbocycles. The number of hydrogen-bond acceptors (Lipinski definition) is 5. The van der Waals surface area contributed by atoms with Crippen LogP contribution in [0.3, 0.4) is 0 Å². The van der Waals surface area contributed by atoms with Gasteiger partial charge in [-0.15, -0.1) is 12.4 Å². The van der Waals surface area contributed by atoms with Crippen LogP contribution in [-0.4, -0.2) is 52.1 Å². The summed E-state index contributed by atoms with van der Waals surface area (Å²) in [5.74, 6) is -0.293. The molecule has 0 atom stereocenters. The summed E-state index contributed by atoms with van der Waals surface area (Å²) in [6.45, 7) is 10.1. The second kappa shape index (κ2) is 9.25. The predicted octanol–water partition coefficient (Wildman–Crippen LogP) is 3.20. The number of amides is 1. The number of nitrogens with one attached hydrogen (secondary N) is 1. The van der Waals surface area contributed by atoms with Crippen LogP contribution in [0.15, 0.2) is 30.3 Å². The quantitative estimate of drug-likeness (QED) is 0.693. The van der Waals surface area contributed by atoms with Crippen LogP contribution < -0.4 is 5.32 Å². The van der Waals surface area contributed by atoms with Gasteiger partial charge in [0.2, 0.25) is 0 Å². The van der Waals surface area contributed by atoms with Crippen molar-refractivity contribution in [3.8, 4) is 11.5 Å². The number of halogens is 1. The van der Waals surface area contributed by atoms with Gasteiger partial charge < -0.3 is 20.4 Å². The first-order chi connectivity index (χ1) is 13.9. The highest BCUT2D eigenvalue weighted by Gasteiger charge is 2.27. The molecule has 2 aliphatic rings. The molecule has 4 rings (SSSR count). The number of carbonyl (C=O) groups excluding carboxylic acids is 1. The van der Waals surface area contributed by atoms with Crippen LogP contribution in [0.5, 0.6) is 11.5 Å². The average Bonchev–Trinajstić information content (AvgIpc) is 3.11. The molecule has 1 amide bonds. The maximum atomic E-state index is 13.1. The molecule has 0 saturated carbocycles. The largest absolute Gasteiger partial charge is 0.508 e. The zero-order valence-corrected chi connectivity index (χ0v) is 18.3. The van der Waals surface area contributed by atoms with E-state index in [0.29, 0.717) is 18.7 Å². The Balaban J connectivity index is 0.00000256. The number of hydrogen-bond donors (Lipinski definition) is 3. The van der Waals surface area contributed by atoms with Crippen molar-refractivity contribution in [2.75, 3.05) is 26.2 Å². The Kier molecular flexibility index (Phi) is 6.91. The summed E-state index contributed by atoms with van der Waals surface area (Å²) in [4.78, 5) is 17.3. The maximum absolute atomic E-state index is 13.1. The molecule has 0 unspecified atom stereocenters. The number of phenolic OH excluding ortho intramolecular Hbond substituents is 2. The number of fused-ring (bicyclic) bond motifs is 1. The van der Waals surface area contributed by atoms with Gasteiger partial charge in [-0.05, 0) is 34.2 Å². The van der Waals surface area contributed by atoms with Crippen molar-refractivity contribution < 1.29 is 15.0 Å². The molecule has 2 aromatic rings. The van der Waals surface area contributed by atoms with Gasteiger partial charge in [-0.3, -0.25) is 9.69 Å². The number of benzene rings is 2. The van der Waals surface area contributed by atoms with Crippen LogP contribution in [0, 0.1) is 0 Å². The summed E-state index contributed by atoms with van der Waals surface area (Å²) in [6, 6.07) is 9.38. The van der Waals surface area contributed by atoms with E-state index in [1.165, 1.54) is 17.2 Å². The van der Waals surface area contributed by atoms with Crippen molar-refractivity contribution in [3.05, 3.63) is 58.1 Å². The second-order valence-electron chi connectivity index (χ2n) is 8.37. The van der Waals surface area contributed by atoms with Crippen LogP contribution in [0.4, 0.5) is 0 Å². The highest BCUT2D eigenvalue weighted by atomic mass is 35.5. The van der Waals surface area contributed by atoms with E-state index in [1.54, 1.807) is 11.0 Å². The first kappa shape index (κ1) is 22.4. The molecule has 2 aromatic carbocycles. The number of piperazine rings is 1. The lowest BCUT2D eigenvalue weighted by molar-refractivity contribution is 0.0748. The normalized spacial score (nSPS) is 16.4. The molecule has 162 valence electrons. The van der Waals surface area contributed by atoms with Crippen molar-refractivity contribution in [3.63, 3.8) is 0 Å². The van der Waals surface area contributed by atoms with Gasteiger partial charge in [0, 0.05) is 51.9 Å². The fraction of sp³-hybridized carbons (Fsp3) is 0.435. The van der Waals surface area contributed by atoms with Gasteiger partial charge in [-0.1, -0.05) is 32.0 Å². The molecule has 1 fully saturated rings. The molecule has 3 N–H and O–H groups in total. The number of aromatic hydroxyl groups is 2. The fourth-order valence-electron chi connectivity index (χ4n) is 4.22. The lowest BCUT2D eigenvalue weighted by atomic mass is 9.98. The Morgan fingerprint density at radius 3 is 2.43 bits per heavy atom. The molecule has 2 aliphatic heterocycles. The van der Waals surface area contributed by atoms with Crippen molar-refractivity contribution in [1.82, 2.24) is 15.1 Å². The highest BCUT2D eigenvalue weighted by molar-refractivity contribution is 5.97. The van der Waals surface area contributed by atoms with E-state index < -0.39 is 0 Å². The van der Waals surface area contributed by atoms with Gasteiger partial charge >= 0.3 is 0 Å². The third-order valence-electron chi connectivity index (χ3n) is 5.89. The van der Waals surface area contributed by atoms with Crippen molar-refractivity contribution in [2.45, 2.75) is 39.4 Å². The van der Waals surface area contributed by atoms with E-state index in [9.17, 15) is 15.0 Å². The standard InChI is InChI=1S/C23H29N3O3.ClH/c1-15(2)19-10-20(22(28)11-21(19)27)23(29)26-13-17-4-3-16(9-18(17)14-26)12-25-7-5-24-6-8-25;/h3-4,9-11,15,24,27-28H,5-8,12-14H2,1-2H3;1H.